The van der Waals surface area contributed by atoms with E-state index in [1.165, 1.54) is 64.2 Å². The highest BCUT2D eigenvalue weighted by atomic mass is 16.5. The molecule has 0 radical (unpaired) electrons. The maximum Gasteiger partial charge on any atom is 0.237 e. The molecule has 0 aromatic rings. The van der Waals surface area contributed by atoms with Crippen molar-refractivity contribution in [1.29, 1.82) is 5.41 Å². The summed E-state index contributed by atoms with van der Waals surface area (Å²) in [5, 5.41) is 11.7. The summed E-state index contributed by atoms with van der Waals surface area (Å²) in [6.45, 7) is 1.02. The van der Waals surface area contributed by atoms with Crippen LogP contribution in [0, 0.1) is 35.0 Å². The Kier molecular flexibility index (Phi) is 9.39. The topological polar surface area (TPSA) is 117 Å². The minimum absolute atomic E-state index is 0.0435. The summed E-state index contributed by atoms with van der Waals surface area (Å²) in [4.78, 5) is 16.6. The van der Waals surface area contributed by atoms with Gasteiger partial charge >= 0.3 is 0 Å². The number of hydrogen-bond donors (Lipinski definition) is 4. The lowest BCUT2D eigenvalue weighted by Crippen LogP contribution is -2.54. The molecule has 6 N–H and O–H groups in total. The van der Waals surface area contributed by atoms with E-state index in [-0.39, 0.29) is 23.9 Å². The molecule has 5 saturated carbocycles. The Balaban J connectivity index is 1.19. The Bertz CT molecular complexity index is 867. The summed E-state index contributed by atoms with van der Waals surface area (Å²) >= 11 is 0. The normalized spacial score (nSPS) is 43.0. The molecule has 40 heavy (non-hydrogen) atoms. The molecule has 0 aromatic carbocycles. The third-order valence-electron chi connectivity index (χ3n) is 12.3. The summed E-state index contributed by atoms with van der Waals surface area (Å²) in [5.74, 6) is 3.47. The summed E-state index contributed by atoms with van der Waals surface area (Å²) < 4.78 is 6.86. The van der Waals surface area contributed by atoms with Crippen LogP contribution >= 0.6 is 0 Å². The smallest absolute Gasteiger partial charge is 0.237 e. The lowest BCUT2D eigenvalue weighted by Gasteiger charge is -2.48. The number of amidine groups is 1. The molecule has 7 nitrogen and oxygen atoms in total. The lowest BCUT2D eigenvalue weighted by molar-refractivity contribution is -0.128. The zero-order valence-electron chi connectivity index (χ0n) is 24.9. The van der Waals surface area contributed by atoms with E-state index in [4.69, 9.17) is 21.6 Å². The summed E-state index contributed by atoms with van der Waals surface area (Å²) in [6, 6.07) is 0.895. The van der Waals surface area contributed by atoms with Gasteiger partial charge < -0.3 is 21.5 Å². The highest BCUT2D eigenvalue weighted by molar-refractivity contribution is 5.83. The van der Waals surface area contributed by atoms with Crippen molar-refractivity contribution in [3.8, 4) is 0 Å². The summed E-state index contributed by atoms with van der Waals surface area (Å²) in [7, 11) is 0. The van der Waals surface area contributed by atoms with E-state index < -0.39 is 0 Å². The van der Waals surface area contributed by atoms with Gasteiger partial charge in [-0.05, 0) is 107 Å². The van der Waals surface area contributed by atoms with Gasteiger partial charge in [-0.25, -0.2) is 0 Å². The van der Waals surface area contributed by atoms with Crippen LogP contribution in [-0.2, 0) is 9.53 Å². The molecule has 226 valence electrons. The first-order valence-electron chi connectivity index (χ1n) is 17.3. The van der Waals surface area contributed by atoms with Crippen molar-refractivity contribution in [3.63, 3.8) is 0 Å². The molecule has 1 heterocycles. The standard InChI is InChI=1S/C33H57N5O2/c34-25-12-14-26(15-13-25)37-33(39)31-18-22-10-11-23(32(35)36)19-30(22)38(31)20-24-17-28(40-27-7-2-1-3-8-27)16-21-6-4-5-9-29(21)24/h21-31H,1-20,34H2,(H3,35,36)(H,37,39). The number of ether oxygens (including phenoxy) is 1. The first-order valence-corrected chi connectivity index (χ1v) is 17.3. The van der Waals surface area contributed by atoms with Gasteiger partial charge in [-0.2, -0.15) is 0 Å². The number of likely N-dealkylation sites (tertiary alicyclic amines) is 1. The van der Waals surface area contributed by atoms with Gasteiger partial charge in [-0.1, -0.05) is 38.5 Å². The van der Waals surface area contributed by atoms with Crippen molar-refractivity contribution >= 4 is 11.7 Å². The number of rotatable bonds is 7. The van der Waals surface area contributed by atoms with Crippen LogP contribution in [0.5, 0.6) is 0 Å². The predicted octanol–water partition coefficient (Wildman–Crippen LogP) is 5.10. The molecule has 8 atom stereocenters. The molecule has 8 unspecified atom stereocenters. The molecular formula is C33H57N5O2. The zero-order valence-corrected chi connectivity index (χ0v) is 24.9. The number of nitrogens with zero attached hydrogens (tertiary/aromatic N) is 1. The van der Waals surface area contributed by atoms with Crippen LogP contribution in [0.15, 0.2) is 0 Å². The van der Waals surface area contributed by atoms with E-state index in [0.717, 1.165) is 76.2 Å². The fourth-order valence-electron chi connectivity index (χ4n) is 10.1. The molecule has 7 heteroatoms. The second-order valence-electron chi connectivity index (χ2n) is 14.8. The third-order valence-corrected chi connectivity index (χ3v) is 12.3. The minimum atomic E-state index is -0.0435. The van der Waals surface area contributed by atoms with Crippen LogP contribution in [0.25, 0.3) is 0 Å². The predicted molar refractivity (Wildman–Crippen MR) is 160 cm³/mol. The van der Waals surface area contributed by atoms with Crippen molar-refractivity contribution in [2.24, 2.45) is 41.1 Å². The van der Waals surface area contributed by atoms with Crippen LogP contribution in [0.4, 0.5) is 0 Å². The minimum Gasteiger partial charge on any atom is -0.387 e. The number of carbonyl (C=O) groups excluding carboxylic acids is 1. The monoisotopic (exact) mass is 555 g/mol. The number of hydrogen-bond acceptors (Lipinski definition) is 5. The summed E-state index contributed by atoms with van der Waals surface area (Å²) in [6.07, 6.45) is 23.3. The van der Waals surface area contributed by atoms with E-state index in [1.54, 1.807) is 0 Å². The van der Waals surface area contributed by atoms with Crippen LogP contribution in [0.3, 0.4) is 0 Å². The third kappa shape index (κ3) is 6.57. The highest BCUT2D eigenvalue weighted by Crippen LogP contribution is 2.48. The van der Waals surface area contributed by atoms with Crippen molar-refractivity contribution in [1.82, 2.24) is 10.2 Å². The van der Waals surface area contributed by atoms with Crippen molar-refractivity contribution in [3.05, 3.63) is 0 Å². The lowest BCUT2D eigenvalue weighted by atomic mass is 9.64. The van der Waals surface area contributed by atoms with Crippen molar-refractivity contribution in [2.75, 3.05) is 6.54 Å². The number of fused-ring (bicyclic) bond motifs is 2. The Hall–Kier alpha value is -1.18. The van der Waals surface area contributed by atoms with Crippen LogP contribution in [0.1, 0.15) is 122 Å². The van der Waals surface area contributed by atoms with Crippen LogP contribution in [-0.4, -0.2) is 59.6 Å². The number of nitrogens with one attached hydrogen (secondary N) is 2. The molecule has 6 aliphatic rings. The van der Waals surface area contributed by atoms with Gasteiger partial charge in [-0.3, -0.25) is 15.1 Å². The average molecular weight is 556 g/mol. The van der Waals surface area contributed by atoms with E-state index >= 15 is 0 Å². The van der Waals surface area contributed by atoms with E-state index in [0.29, 0.717) is 42.0 Å². The van der Waals surface area contributed by atoms with Crippen LogP contribution < -0.4 is 16.8 Å². The number of amides is 1. The van der Waals surface area contributed by atoms with E-state index in [9.17, 15) is 4.79 Å². The second kappa shape index (κ2) is 13.0. The van der Waals surface area contributed by atoms with E-state index in [2.05, 4.69) is 10.2 Å². The molecule has 0 aromatic heterocycles. The largest absolute Gasteiger partial charge is 0.387 e. The SMILES string of the molecule is N=C(N)C1CCC2CC(C(=O)NC3CCC(N)CC3)N(CC3CC(OC4CCCCC4)CC4CCCCC43)C2C1. The van der Waals surface area contributed by atoms with Gasteiger partial charge in [0, 0.05) is 30.6 Å². The van der Waals surface area contributed by atoms with Gasteiger partial charge in [0.25, 0.3) is 0 Å². The van der Waals surface area contributed by atoms with Gasteiger partial charge in [0.15, 0.2) is 0 Å². The van der Waals surface area contributed by atoms with Gasteiger partial charge in [-0.15, -0.1) is 0 Å². The number of nitrogens with two attached hydrogens (primary N) is 2. The molecule has 6 fully saturated rings. The Labute approximate surface area is 242 Å². The van der Waals surface area contributed by atoms with E-state index in [1.807, 2.05) is 0 Å². The Morgan fingerprint density at radius 2 is 1.55 bits per heavy atom. The second-order valence-corrected chi connectivity index (χ2v) is 14.8. The quantitative estimate of drug-likeness (QED) is 0.257. The molecule has 5 aliphatic carbocycles. The van der Waals surface area contributed by atoms with Crippen molar-refractivity contribution in [2.45, 2.75) is 158 Å². The molecule has 6 rings (SSSR count). The number of carbonyl (C=O) groups is 1. The molecule has 0 spiro atoms. The zero-order chi connectivity index (χ0) is 27.6. The molecule has 1 amide bonds. The maximum atomic E-state index is 13.9. The Morgan fingerprint density at radius 3 is 2.33 bits per heavy atom. The Morgan fingerprint density at radius 1 is 0.800 bits per heavy atom. The average Bonchev–Trinajstić information content (AvgIpc) is 3.32. The first kappa shape index (κ1) is 28.9. The highest BCUT2D eigenvalue weighted by Gasteiger charge is 2.50. The van der Waals surface area contributed by atoms with Gasteiger partial charge in [0.2, 0.25) is 5.91 Å². The van der Waals surface area contributed by atoms with Gasteiger partial charge in [0.05, 0.1) is 24.1 Å². The maximum absolute atomic E-state index is 13.9. The molecule has 1 aliphatic heterocycles. The molecule has 1 saturated heterocycles. The molecular weight excluding hydrogens is 498 g/mol. The molecule has 0 bridgehead atoms. The van der Waals surface area contributed by atoms with Crippen LogP contribution in [0.2, 0.25) is 0 Å². The fourth-order valence-corrected chi connectivity index (χ4v) is 10.1. The first-order chi connectivity index (χ1) is 19.4. The fraction of sp³-hybridized carbons (Fsp3) is 0.939. The van der Waals surface area contributed by atoms with Gasteiger partial charge in [0.1, 0.15) is 0 Å². The van der Waals surface area contributed by atoms with Crippen molar-refractivity contribution < 1.29 is 9.53 Å². The summed E-state index contributed by atoms with van der Waals surface area (Å²) in [5.41, 5.74) is 12.2.